The van der Waals surface area contributed by atoms with Gasteiger partial charge in [0.1, 0.15) is 18.8 Å². The third-order valence-electron chi connectivity index (χ3n) is 3.59. The third-order valence-corrected chi connectivity index (χ3v) is 3.59. The summed E-state index contributed by atoms with van der Waals surface area (Å²) in [7, 11) is 0. The maximum atomic E-state index is 11.6. The Hall–Kier alpha value is -3.17. The summed E-state index contributed by atoms with van der Waals surface area (Å²) in [5.41, 5.74) is -0.0279. The summed E-state index contributed by atoms with van der Waals surface area (Å²) in [6.07, 6.45) is -3.94. The van der Waals surface area contributed by atoms with Crippen molar-refractivity contribution in [3.05, 3.63) is 69.8 Å². The molecule has 0 saturated carbocycles. The van der Waals surface area contributed by atoms with E-state index < -0.39 is 34.7 Å². The van der Waals surface area contributed by atoms with Gasteiger partial charge in [0.15, 0.2) is 5.75 Å². The van der Waals surface area contributed by atoms with Crippen molar-refractivity contribution in [3.8, 4) is 5.75 Å². The molecular weight excluding hydrogens is 344 g/mol. The van der Waals surface area contributed by atoms with Gasteiger partial charge in [-0.25, -0.2) is 4.79 Å². The van der Waals surface area contributed by atoms with Gasteiger partial charge in [-0.15, -0.1) is 0 Å². The highest BCUT2D eigenvalue weighted by molar-refractivity contribution is 5.67. The summed E-state index contributed by atoms with van der Waals surface area (Å²) < 4.78 is 4.96. The Morgan fingerprint density at radius 3 is 2.50 bits per heavy atom. The zero-order chi connectivity index (χ0) is 19.1. The fourth-order valence-electron chi connectivity index (χ4n) is 2.22. The molecule has 138 valence electrons. The number of hydrogen-bond acceptors (Lipinski definition) is 7. The summed E-state index contributed by atoms with van der Waals surface area (Å²) in [6.45, 7) is -0.339. The topological polar surface area (TPSA) is 142 Å². The fraction of sp³-hybridized carbons (Fsp3) is 0.235. The van der Waals surface area contributed by atoms with Crippen molar-refractivity contribution >= 4 is 11.8 Å². The smallest absolute Gasteiger partial charge is 0.407 e. The molecule has 2 unspecified atom stereocenters. The van der Waals surface area contributed by atoms with Crippen molar-refractivity contribution in [2.24, 2.45) is 0 Å². The van der Waals surface area contributed by atoms with Gasteiger partial charge < -0.3 is 25.4 Å². The number of nitro groups is 1. The van der Waals surface area contributed by atoms with Gasteiger partial charge in [0, 0.05) is 18.2 Å². The molecule has 4 N–H and O–H groups in total. The molecule has 0 aliphatic carbocycles. The zero-order valence-corrected chi connectivity index (χ0v) is 13.6. The van der Waals surface area contributed by atoms with Crippen LogP contribution < -0.4 is 5.32 Å². The highest BCUT2D eigenvalue weighted by atomic mass is 16.6. The van der Waals surface area contributed by atoms with E-state index in [1.807, 2.05) is 6.07 Å². The van der Waals surface area contributed by atoms with Gasteiger partial charge >= 0.3 is 11.8 Å². The molecule has 2 rings (SSSR count). The number of hydrogen-bond donors (Lipinski definition) is 4. The summed E-state index contributed by atoms with van der Waals surface area (Å²) >= 11 is 0. The number of benzene rings is 2. The predicted octanol–water partition coefficient (Wildman–Crippen LogP) is 1.62. The maximum absolute atomic E-state index is 11.6. The minimum Gasteiger partial charge on any atom is -0.502 e. The molecule has 0 aliphatic rings. The lowest BCUT2D eigenvalue weighted by molar-refractivity contribution is -0.386. The number of ether oxygens (including phenoxy) is 1. The molecule has 0 saturated heterocycles. The van der Waals surface area contributed by atoms with E-state index in [1.54, 1.807) is 24.3 Å². The average Bonchev–Trinajstić information content (AvgIpc) is 2.64. The van der Waals surface area contributed by atoms with Crippen molar-refractivity contribution in [2.75, 3.05) is 6.54 Å². The van der Waals surface area contributed by atoms with Crippen LogP contribution in [0.5, 0.6) is 5.75 Å². The van der Waals surface area contributed by atoms with E-state index in [0.717, 1.165) is 11.6 Å². The molecule has 26 heavy (non-hydrogen) atoms. The second kappa shape index (κ2) is 8.79. The van der Waals surface area contributed by atoms with Crippen molar-refractivity contribution in [1.29, 1.82) is 0 Å². The molecule has 2 aromatic carbocycles. The number of rotatable bonds is 7. The quantitative estimate of drug-likeness (QED) is 0.433. The number of nitrogens with zero attached hydrogens (tertiary/aromatic N) is 1. The number of aromatic hydroxyl groups is 1. The Bertz CT molecular complexity index is 767. The molecule has 2 aromatic rings. The van der Waals surface area contributed by atoms with Gasteiger partial charge in [0.05, 0.1) is 4.92 Å². The standard InChI is InChI=1S/C17H18N2O7/c20-14(9-18-17(23)26-10-11-5-2-1-3-6-11)16(22)12-7-4-8-13(15(12)21)19(24)25/h1-8,14,16,20-22H,9-10H2,(H,18,23). The molecule has 1 amide bonds. The number of alkyl carbamates (subject to hydrolysis) is 1. The zero-order valence-electron chi connectivity index (χ0n) is 13.6. The van der Waals surface area contributed by atoms with Crippen molar-refractivity contribution < 1.29 is 29.8 Å². The summed E-state index contributed by atoms with van der Waals surface area (Å²) in [4.78, 5) is 21.6. The normalized spacial score (nSPS) is 12.8. The molecule has 0 aromatic heterocycles. The molecular formula is C17H18N2O7. The highest BCUT2D eigenvalue weighted by Crippen LogP contribution is 2.34. The van der Waals surface area contributed by atoms with E-state index in [-0.39, 0.29) is 18.7 Å². The Balaban J connectivity index is 1.89. The third kappa shape index (κ3) is 4.91. The molecule has 9 heteroatoms. The first-order valence-electron chi connectivity index (χ1n) is 7.67. The van der Waals surface area contributed by atoms with Crippen LogP contribution in [0.25, 0.3) is 0 Å². The van der Waals surface area contributed by atoms with Crippen molar-refractivity contribution in [3.63, 3.8) is 0 Å². The van der Waals surface area contributed by atoms with E-state index in [1.165, 1.54) is 12.1 Å². The second-order valence-electron chi connectivity index (χ2n) is 5.43. The Kier molecular flexibility index (Phi) is 6.48. The van der Waals surface area contributed by atoms with Crippen LogP contribution in [0.3, 0.4) is 0 Å². The van der Waals surface area contributed by atoms with Crippen molar-refractivity contribution in [1.82, 2.24) is 5.32 Å². The SMILES string of the molecule is O=C(NCC(O)C(O)c1cccc([N+](=O)[O-])c1O)OCc1ccccc1. The van der Waals surface area contributed by atoms with Gasteiger partial charge in [0.2, 0.25) is 0 Å². The maximum Gasteiger partial charge on any atom is 0.407 e. The van der Waals surface area contributed by atoms with Crippen LogP contribution >= 0.6 is 0 Å². The molecule has 0 spiro atoms. The van der Waals surface area contributed by atoms with Gasteiger partial charge in [-0.1, -0.05) is 42.5 Å². The number of carbonyl (C=O) groups is 1. The number of para-hydroxylation sites is 1. The van der Waals surface area contributed by atoms with E-state index in [2.05, 4.69) is 5.32 Å². The van der Waals surface area contributed by atoms with E-state index in [0.29, 0.717) is 0 Å². The molecule has 0 radical (unpaired) electrons. The van der Waals surface area contributed by atoms with Crippen LogP contribution in [0.2, 0.25) is 0 Å². The second-order valence-corrected chi connectivity index (χ2v) is 5.43. The van der Waals surface area contributed by atoms with Crippen LogP contribution in [0, 0.1) is 10.1 Å². The molecule has 9 nitrogen and oxygen atoms in total. The number of carbonyl (C=O) groups excluding carboxylic acids is 1. The van der Waals surface area contributed by atoms with Crippen LogP contribution in [0.15, 0.2) is 48.5 Å². The van der Waals surface area contributed by atoms with Gasteiger partial charge in [-0.2, -0.15) is 0 Å². The Labute approximate surface area is 148 Å². The molecule has 0 heterocycles. The number of aliphatic hydroxyl groups excluding tert-OH is 2. The van der Waals surface area contributed by atoms with E-state index >= 15 is 0 Å². The fourth-order valence-corrected chi connectivity index (χ4v) is 2.22. The number of phenolic OH excluding ortho intramolecular Hbond substituents is 1. The summed E-state index contributed by atoms with van der Waals surface area (Å²) in [6, 6.07) is 12.5. The highest BCUT2D eigenvalue weighted by Gasteiger charge is 2.26. The molecule has 2 atom stereocenters. The van der Waals surface area contributed by atoms with Gasteiger partial charge in [-0.3, -0.25) is 10.1 Å². The number of aliphatic hydroxyl groups is 2. The Morgan fingerprint density at radius 1 is 1.15 bits per heavy atom. The summed E-state index contributed by atoms with van der Waals surface area (Å²) in [5.74, 6) is -0.740. The lowest BCUT2D eigenvalue weighted by Crippen LogP contribution is -2.35. The number of nitro benzene ring substituents is 1. The van der Waals surface area contributed by atoms with E-state index in [4.69, 9.17) is 4.74 Å². The predicted molar refractivity (Wildman–Crippen MR) is 90.4 cm³/mol. The van der Waals surface area contributed by atoms with Gasteiger partial charge in [0.25, 0.3) is 0 Å². The lowest BCUT2D eigenvalue weighted by atomic mass is 10.0. The lowest BCUT2D eigenvalue weighted by Gasteiger charge is -2.19. The van der Waals surface area contributed by atoms with E-state index in [9.17, 15) is 30.2 Å². The minimum atomic E-state index is -1.63. The monoisotopic (exact) mass is 362 g/mol. The first kappa shape index (κ1) is 19.2. The minimum absolute atomic E-state index is 0.0387. The number of phenols is 1. The first-order chi connectivity index (χ1) is 12.4. The number of nitrogens with one attached hydrogen (secondary N) is 1. The van der Waals surface area contributed by atoms with Crippen LogP contribution in [-0.4, -0.2) is 39.0 Å². The summed E-state index contributed by atoms with van der Waals surface area (Å²) in [5, 5.41) is 42.9. The largest absolute Gasteiger partial charge is 0.502 e. The average molecular weight is 362 g/mol. The number of amides is 1. The molecule has 0 fully saturated rings. The van der Waals surface area contributed by atoms with Crippen molar-refractivity contribution in [2.45, 2.75) is 18.8 Å². The Morgan fingerprint density at radius 2 is 1.85 bits per heavy atom. The van der Waals surface area contributed by atoms with Crippen LogP contribution in [0.4, 0.5) is 10.5 Å². The van der Waals surface area contributed by atoms with Gasteiger partial charge in [-0.05, 0) is 5.56 Å². The molecule has 0 aliphatic heterocycles. The first-order valence-corrected chi connectivity index (χ1v) is 7.67. The van der Waals surface area contributed by atoms with Crippen LogP contribution in [0.1, 0.15) is 17.2 Å². The van der Waals surface area contributed by atoms with Crippen LogP contribution in [-0.2, 0) is 11.3 Å². The molecule has 0 bridgehead atoms.